The number of ether oxygens (including phenoxy) is 1. The van der Waals surface area contributed by atoms with Crippen LogP contribution < -0.4 is 5.32 Å². The predicted molar refractivity (Wildman–Crippen MR) is 72.0 cm³/mol. The number of carbonyl (C=O) groups excluding carboxylic acids is 1. The zero-order valence-corrected chi connectivity index (χ0v) is 11.6. The Bertz CT molecular complexity index is 410. The molecule has 0 aliphatic carbocycles. The molecule has 4 nitrogen and oxygen atoms in total. The van der Waals surface area contributed by atoms with Crippen LogP contribution in [0.2, 0.25) is 0 Å². The molecule has 0 spiro atoms. The minimum atomic E-state index is -0.337. The Hall–Kier alpha value is -0.940. The van der Waals surface area contributed by atoms with Crippen molar-refractivity contribution in [2.24, 2.45) is 0 Å². The molecule has 0 radical (unpaired) electrons. The molecule has 2 heterocycles. The third-order valence-electron chi connectivity index (χ3n) is 3.16. The van der Waals surface area contributed by atoms with E-state index in [2.05, 4.69) is 5.32 Å². The molecule has 1 aromatic rings. The Morgan fingerprint density at radius 1 is 1.56 bits per heavy atom. The highest BCUT2D eigenvalue weighted by molar-refractivity contribution is 7.99. The zero-order chi connectivity index (χ0) is 13.0. The maximum absolute atomic E-state index is 11.4. The normalized spacial score (nSPS) is 16.8. The number of furan rings is 1. The van der Waals surface area contributed by atoms with Crippen LogP contribution in [0.15, 0.2) is 10.5 Å². The van der Waals surface area contributed by atoms with Crippen molar-refractivity contribution in [1.29, 1.82) is 0 Å². The topological polar surface area (TPSA) is 51.5 Å². The van der Waals surface area contributed by atoms with E-state index in [4.69, 9.17) is 9.15 Å². The van der Waals surface area contributed by atoms with E-state index in [0.29, 0.717) is 23.9 Å². The molecular formula is C13H19NO3S. The number of hydrogen-bond acceptors (Lipinski definition) is 5. The Morgan fingerprint density at radius 2 is 2.28 bits per heavy atom. The van der Waals surface area contributed by atoms with Crippen LogP contribution in [0.4, 0.5) is 0 Å². The fourth-order valence-electron chi connectivity index (χ4n) is 2.09. The summed E-state index contributed by atoms with van der Waals surface area (Å²) < 4.78 is 10.3. The smallest absolute Gasteiger partial charge is 0.341 e. The van der Waals surface area contributed by atoms with Crippen molar-refractivity contribution >= 4 is 17.7 Å². The number of thioether (sulfide) groups is 1. The largest absolute Gasteiger partial charge is 0.465 e. The minimum Gasteiger partial charge on any atom is -0.465 e. The summed E-state index contributed by atoms with van der Waals surface area (Å²) >= 11 is 2.01. The van der Waals surface area contributed by atoms with E-state index in [1.165, 1.54) is 31.5 Å². The van der Waals surface area contributed by atoms with Gasteiger partial charge in [-0.2, -0.15) is 11.8 Å². The average Bonchev–Trinajstić information content (AvgIpc) is 2.78. The van der Waals surface area contributed by atoms with Gasteiger partial charge < -0.3 is 14.5 Å². The molecule has 1 N–H and O–H groups in total. The van der Waals surface area contributed by atoms with Gasteiger partial charge in [0.05, 0.1) is 13.7 Å². The van der Waals surface area contributed by atoms with Crippen LogP contribution in [-0.2, 0) is 11.3 Å². The summed E-state index contributed by atoms with van der Waals surface area (Å²) in [6.07, 6.45) is 2.41. The number of aryl methyl sites for hydroxylation is 1. The predicted octanol–water partition coefficient (Wildman–Crippen LogP) is 2.36. The second-order valence-corrected chi connectivity index (χ2v) is 5.67. The second-order valence-electron chi connectivity index (χ2n) is 4.44. The minimum absolute atomic E-state index is 0.337. The van der Waals surface area contributed by atoms with Gasteiger partial charge >= 0.3 is 5.97 Å². The monoisotopic (exact) mass is 269 g/mol. The van der Waals surface area contributed by atoms with E-state index in [1.54, 1.807) is 13.0 Å². The summed E-state index contributed by atoms with van der Waals surface area (Å²) in [5, 5.41) is 3.48. The van der Waals surface area contributed by atoms with E-state index in [0.717, 1.165) is 5.76 Å². The first-order valence-corrected chi connectivity index (χ1v) is 7.35. The van der Waals surface area contributed by atoms with Crippen LogP contribution in [0.1, 0.15) is 34.7 Å². The fraction of sp³-hybridized carbons (Fsp3) is 0.615. The highest BCUT2D eigenvalue weighted by Gasteiger charge is 2.17. The lowest BCUT2D eigenvalue weighted by molar-refractivity contribution is 0.0599. The lowest BCUT2D eigenvalue weighted by atomic mass is 10.1. The van der Waals surface area contributed by atoms with Crippen LogP contribution in [0.25, 0.3) is 0 Å². The summed E-state index contributed by atoms with van der Waals surface area (Å²) in [6, 6.07) is 2.34. The third kappa shape index (κ3) is 3.29. The molecule has 0 bridgehead atoms. The summed E-state index contributed by atoms with van der Waals surface area (Å²) in [5.74, 6) is 3.53. The van der Waals surface area contributed by atoms with E-state index < -0.39 is 0 Å². The maximum atomic E-state index is 11.4. The highest BCUT2D eigenvalue weighted by Crippen LogP contribution is 2.19. The molecule has 0 unspecified atom stereocenters. The Morgan fingerprint density at radius 3 is 2.94 bits per heavy atom. The third-order valence-corrected chi connectivity index (χ3v) is 4.21. The molecule has 0 aromatic carbocycles. The second kappa shape index (κ2) is 6.29. The SMILES string of the molecule is COC(=O)c1cc(CNC2CCSCC2)oc1C. The van der Waals surface area contributed by atoms with Crippen molar-refractivity contribution in [2.75, 3.05) is 18.6 Å². The van der Waals surface area contributed by atoms with Crippen molar-refractivity contribution in [3.05, 3.63) is 23.2 Å². The molecule has 1 fully saturated rings. The van der Waals surface area contributed by atoms with E-state index in [-0.39, 0.29) is 5.97 Å². The fourth-order valence-corrected chi connectivity index (χ4v) is 3.20. The Balaban J connectivity index is 1.91. The molecule has 1 aliphatic rings. The Labute approximate surface area is 111 Å². The number of carbonyl (C=O) groups is 1. The molecule has 5 heteroatoms. The average molecular weight is 269 g/mol. The van der Waals surface area contributed by atoms with Gasteiger partial charge in [0.1, 0.15) is 17.1 Å². The van der Waals surface area contributed by atoms with Gasteiger partial charge in [0.25, 0.3) is 0 Å². The van der Waals surface area contributed by atoms with Crippen molar-refractivity contribution in [1.82, 2.24) is 5.32 Å². The number of nitrogens with one attached hydrogen (secondary N) is 1. The standard InChI is InChI=1S/C13H19NO3S/c1-9-12(13(15)16-2)7-11(17-9)8-14-10-3-5-18-6-4-10/h7,10,14H,3-6,8H2,1-2H3. The maximum Gasteiger partial charge on any atom is 0.341 e. The Kier molecular flexibility index (Phi) is 4.72. The van der Waals surface area contributed by atoms with Gasteiger partial charge in [-0.1, -0.05) is 0 Å². The quantitative estimate of drug-likeness (QED) is 0.850. The molecule has 0 saturated carbocycles. The number of rotatable bonds is 4. The van der Waals surface area contributed by atoms with Crippen molar-refractivity contribution < 1.29 is 13.9 Å². The van der Waals surface area contributed by atoms with Gasteiger partial charge in [0, 0.05) is 6.04 Å². The van der Waals surface area contributed by atoms with Crippen LogP contribution in [0.5, 0.6) is 0 Å². The lowest BCUT2D eigenvalue weighted by Crippen LogP contribution is -2.31. The number of methoxy groups -OCH3 is 1. The van der Waals surface area contributed by atoms with Crippen molar-refractivity contribution in [2.45, 2.75) is 32.4 Å². The van der Waals surface area contributed by atoms with Crippen LogP contribution in [0.3, 0.4) is 0 Å². The summed E-state index contributed by atoms with van der Waals surface area (Å²) in [7, 11) is 1.38. The van der Waals surface area contributed by atoms with Gasteiger partial charge in [-0.25, -0.2) is 4.79 Å². The zero-order valence-electron chi connectivity index (χ0n) is 10.8. The first kappa shape index (κ1) is 13.5. The van der Waals surface area contributed by atoms with Gasteiger partial charge in [-0.05, 0) is 37.3 Å². The number of esters is 1. The van der Waals surface area contributed by atoms with Crippen molar-refractivity contribution in [3.63, 3.8) is 0 Å². The summed E-state index contributed by atoms with van der Waals surface area (Å²) in [4.78, 5) is 11.4. The van der Waals surface area contributed by atoms with Gasteiger partial charge in [0.15, 0.2) is 0 Å². The summed E-state index contributed by atoms with van der Waals surface area (Å²) in [5.41, 5.74) is 0.522. The number of hydrogen-bond donors (Lipinski definition) is 1. The van der Waals surface area contributed by atoms with Crippen LogP contribution in [0, 0.1) is 6.92 Å². The summed E-state index contributed by atoms with van der Waals surface area (Å²) in [6.45, 7) is 2.46. The van der Waals surface area contributed by atoms with E-state index in [1.807, 2.05) is 11.8 Å². The molecular weight excluding hydrogens is 250 g/mol. The van der Waals surface area contributed by atoms with Crippen LogP contribution in [-0.4, -0.2) is 30.6 Å². The van der Waals surface area contributed by atoms with E-state index in [9.17, 15) is 4.79 Å². The molecule has 2 rings (SSSR count). The molecule has 1 aromatic heterocycles. The van der Waals surface area contributed by atoms with Gasteiger partial charge in [0.2, 0.25) is 0 Å². The first-order chi connectivity index (χ1) is 8.70. The van der Waals surface area contributed by atoms with E-state index >= 15 is 0 Å². The lowest BCUT2D eigenvalue weighted by Gasteiger charge is -2.21. The van der Waals surface area contributed by atoms with Gasteiger partial charge in [-0.3, -0.25) is 0 Å². The van der Waals surface area contributed by atoms with Gasteiger partial charge in [-0.15, -0.1) is 0 Å². The molecule has 1 saturated heterocycles. The first-order valence-electron chi connectivity index (χ1n) is 6.19. The molecule has 100 valence electrons. The molecule has 1 aliphatic heterocycles. The highest BCUT2D eigenvalue weighted by atomic mass is 32.2. The molecule has 0 atom stereocenters. The van der Waals surface area contributed by atoms with Crippen molar-refractivity contribution in [3.8, 4) is 0 Å². The molecule has 18 heavy (non-hydrogen) atoms. The molecule has 0 amide bonds. The van der Waals surface area contributed by atoms with Crippen LogP contribution >= 0.6 is 11.8 Å².